The highest BCUT2D eigenvalue weighted by molar-refractivity contribution is 7.18. The maximum absolute atomic E-state index is 12.4. The van der Waals surface area contributed by atoms with E-state index >= 15 is 0 Å². The van der Waals surface area contributed by atoms with Gasteiger partial charge in [-0.25, -0.2) is 4.98 Å². The molecule has 0 aliphatic rings. The topological polar surface area (TPSA) is 75.1 Å². The lowest BCUT2D eigenvalue weighted by atomic mass is 10.1. The number of aromatic nitrogens is 2. The Kier molecular flexibility index (Phi) is 3.59. The third kappa shape index (κ3) is 2.57. The second kappa shape index (κ2) is 5.90. The normalized spacial score (nSPS) is 11.0. The highest BCUT2D eigenvalue weighted by Gasteiger charge is 2.15. The lowest BCUT2D eigenvalue weighted by molar-refractivity contribution is 0.0948. The van der Waals surface area contributed by atoms with Crippen LogP contribution in [-0.2, 0) is 6.54 Å². The molecule has 0 saturated carbocycles. The molecular formula is C18H13N3O2S. The van der Waals surface area contributed by atoms with Crippen LogP contribution in [-0.4, -0.2) is 21.0 Å². The van der Waals surface area contributed by atoms with Crippen molar-refractivity contribution in [3.63, 3.8) is 0 Å². The van der Waals surface area contributed by atoms with Crippen LogP contribution in [0.4, 0.5) is 0 Å². The summed E-state index contributed by atoms with van der Waals surface area (Å²) in [5, 5.41) is 14.7. The van der Waals surface area contributed by atoms with Gasteiger partial charge in [-0.05, 0) is 24.3 Å². The standard InChI is InChI=1S/C18H13N3O2S/c22-17-12(8-7-11-4-3-9-19-16(11)17)18(23)20-10-15-21-13-5-1-2-6-14(13)24-15/h1-9,22H,10H2,(H,20,23). The Bertz CT molecular complexity index is 1030. The molecule has 2 aromatic carbocycles. The minimum Gasteiger partial charge on any atom is -0.505 e. The molecule has 6 heteroatoms. The number of hydrogen-bond acceptors (Lipinski definition) is 5. The largest absolute Gasteiger partial charge is 0.505 e. The summed E-state index contributed by atoms with van der Waals surface area (Å²) in [6.45, 7) is 0.317. The number of amides is 1. The summed E-state index contributed by atoms with van der Waals surface area (Å²) in [6.07, 6.45) is 1.59. The number of phenols is 1. The summed E-state index contributed by atoms with van der Waals surface area (Å²) < 4.78 is 1.08. The van der Waals surface area contributed by atoms with Crippen molar-refractivity contribution in [2.75, 3.05) is 0 Å². The molecule has 4 aromatic rings. The van der Waals surface area contributed by atoms with Crippen molar-refractivity contribution in [2.24, 2.45) is 0 Å². The van der Waals surface area contributed by atoms with Gasteiger partial charge in [0, 0.05) is 11.6 Å². The molecule has 2 heterocycles. The van der Waals surface area contributed by atoms with Crippen LogP contribution in [0.3, 0.4) is 0 Å². The van der Waals surface area contributed by atoms with E-state index in [1.54, 1.807) is 35.7 Å². The Morgan fingerprint density at radius 1 is 1.12 bits per heavy atom. The number of nitrogens with one attached hydrogen (secondary N) is 1. The fraction of sp³-hybridized carbons (Fsp3) is 0.0556. The first kappa shape index (κ1) is 14.6. The van der Waals surface area contributed by atoms with Crippen LogP contribution < -0.4 is 5.32 Å². The summed E-state index contributed by atoms with van der Waals surface area (Å²) in [7, 11) is 0. The van der Waals surface area contributed by atoms with Crippen molar-refractivity contribution in [1.29, 1.82) is 0 Å². The van der Waals surface area contributed by atoms with Crippen LogP contribution in [0.1, 0.15) is 15.4 Å². The number of pyridine rings is 1. The lowest BCUT2D eigenvalue weighted by Gasteiger charge is -2.07. The van der Waals surface area contributed by atoms with Gasteiger partial charge in [0.05, 0.1) is 22.3 Å². The SMILES string of the molecule is O=C(NCc1nc2ccccc2s1)c1ccc2cccnc2c1O. The summed E-state index contributed by atoms with van der Waals surface area (Å²) in [6, 6.07) is 14.8. The number of thiazole rings is 1. The van der Waals surface area contributed by atoms with E-state index in [2.05, 4.69) is 15.3 Å². The Hall–Kier alpha value is -2.99. The fourth-order valence-electron chi connectivity index (χ4n) is 2.56. The van der Waals surface area contributed by atoms with E-state index in [0.29, 0.717) is 12.1 Å². The molecule has 0 fully saturated rings. The van der Waals surface area contributed by atoms with Gasteiger partial charge in [-0.2, -0.15) is 0 Å². The van der Waals surface area contributed by atoms with Gasteiger partial charge in [-0.3, -0.25) is 9.78 Å². The number of fused-ring (bicyclic) bond motifs is 2. The molecule has 0 aliphatic carbocycles. The van der Waals surface area contributed by atoms with E-state index in [9.17, 15) is 9.90 Å². The van der Waals surface area contributed by atoms with Crippen molar-refractivity contribution >= 4 is 38.4 Å². The summed E-state index contributed by atoms with van der Waals surface area (Å²) in [5.74, 6) is -0.450. The Balaban J connectivity index is 1.57. The first-order valence-electron chi connectivity index (χ1n) is 7.42. The number of carbonyl (C=O) groups is 1. The van der Waals surface area contributed by atoms with Gasteiger partial charge in [-0.1, -0.05) is 24.3 Å². The van der Waals surface area contributed by atoms with Crippen LogP contribution in [0.5, 0.6) is 5.75 Å². The summed E-state index contributed by atoms with van der Waals surface area (Å²) in [5.41, 5.74) is 1.55. The van der Waals surface area contributed by atoms with Crippen molar-refractivity contribution in [2.45, 2.75) is 6.54 Å². The monoisotopic (exact) mass is 335 g/mol. The summed E-state index contributed by atoms with van der Waals surface area (Å²) >= 11 is 1.54. The molecule has 118 valence electrons. The molecule has 1 amide bonds. The molecule has 0 radical (unpaired) electrons. The van der Waals surface area contributed by atoms with Gasteiger partial charge >= 0.3 is 0 Å². The van der Waals surface area contributed by atoms with Gasteiger partial charge in [0.25, 0.3) is 5.91 Å². The fourth-order valence-corrected chi connectivity index (χ4v) is 3.47. The number of hydrogen-bond donors (Lipinski definition) is 2. The highest BCUT2D eigenvalue weighted by atomic mass is 32.1. The second-order valence-corrected chi connectivity index (χ2v) is 6.41. The van der Waals surface area contributed by atoms with Crippen molar-refractivity contribution in [1.82, 2.24) is 15.3 Å². The average molecular weight is 335 g/mol. The minimum atomic E-state index is -0.348. The number of aromatic hydroxyl groups is 1. The molecule has 0 spiro atoms. The molecular weight excluding hydrogens is 322 g/mol. The van der Waals surface area contributed by atoms with Crippen molar-refractivity contribution in [3.05, 3.63) is 65.3 Å². The van der Waals surface area contributed by atoms with Crippen LogP contribution in [0.15, 0.2) is 54.7 Å². The van der Waals surface area contributed by atoms with E-state index in [-0.39, 0.29) is 17.2 Å². The third-order valence-electron chi connectivity index (χ3n) is 3.73. The number of nitrogens with zero attached hydrogens (tertiary/aromatic N) is 2. The Labute approximate surface area is 141 Å². The molecule has 0 bridgehead atoms. The Morgan fingerprint density at radius 3 is 2.88 bits per heavy atom. The average Bonchev–Trinajstić information content (AvgIpc) is 3.03. The number of phenolic OH excluding ortho intramolecular Hbond substituents is 1. The quantitative estimate of drug-likeness (QED) is 0.601. The van der Waals surface area contributed by atoms with Crippen molar-refractivity contribution in [3.8, 4) is 5.75 Å². The predicted octanol–water partition coefficient (Wildman–Crippen LogP) is 3.48. The lowest BCUT2D eigenvalue weighted by Crippen LogP contribution is -2.22. The minimum absolute atomic E-state index is 0.102. The van der Waals surface area contributed by atoms with E-state index < -0.39 is 0 Å². The predicted molar refractivity (Wildman–Crippen MR) is 94.2 cm³/mol. The molecule has 2 aromatic heterocycles. The number of carbonyl (C=O) groups excluding carboxylic acids is 1. The first-order chi connectivity index (χ1) is 11.7. The Morgan fingerprint density at radius 2 is 2.00 bits per heavy atom. The van der Waals surface area contributed by atoms with E-state index in [1.807, 2.05) is 30.3 Å². The maximum atomic E-state index is 12.4. The molecule has 5 nitrogen and oxygen atoms in total. The molecule has 2 N–H and O–H groups in total. The van der Waals surface area contributed by atoms with Crippen LogP contribution in [0.2, 0.25) is 0 Å². The van der Waals surface area contributed by atoms with Crippen LogP contribution >= 0.6 is 11.3 Å². The second-order valence-electron chi connectivity index (χ2n) is 5.29. The van der Waals surface area contributed by atoms with Gasteiger partial charge in [0.2, 0.25) is 0 Å². The van der Waals surface area contributed by atoms with Crippen molar-refractivity contribution < 1.29 is 9.90 Å². The summed E-state index contributed by atoms with van der Waals surface area (Å²) in [4.78, 5) is 21.0. The molecule has 0 saturated heterocycles. The molecule has 4 rings (SSSR count). The molecule has 0 atom stereocenters. The molecule has 0 unspecified atom stereocenters. The number of para-hydroxylation sites is 1. The molecule has 24 heavy (non-hydrogen) atoms. The van der Waals surface area contributed by atoms with Gasteiger partial charge in [-0.15, -0.1) is 11.3 Å². The highest BCUT2D eigenvalue weighted by Crippen LogP contribution is 2.27. The zero-order chi connectivity index (χ0) is 16.5. The van der Waals surface area contributed by atoms with Gasteiger partial charge < -0.3 is 10.4 Å². The van der Waals surface area contributed by atoms with E-state index in [0.717, 1.165) is 20.6 Å². The number of rotatable bonds is 3. The smallest absolute Gasteiger partial charge is 0.255 e. The zero-order valence-electron chi connectivity index (χ0n) is 12.6. The van der Waals surface area contributed by atoms with Crippen LogP contribution in [0.25, 0.3) is 21.1 Å². The number of benzene rings is 2. The van der Waals surface area contributed by atoms with E-state index in [4.69, 9.17) is 0 Å². The first-order valence-corrected chi connectivity index (χ1v) is 8.23. The maximum Gasteiger partial charge on any atom is 0.255 e. The third-order valence-corrected chi connectivity index (χ3v) is 4.77. The van der Waals surface area contributed by atoms with E-state index in [1.165, 1.54) is 0 Å². The zero-order valence-corrected chi connectivity index (χ0v) is 13.4. The van der Waals surface area contributed by atoms with Crippen LogP contribution in [0, 0.1) is 0 Å². The van der Waals surface area contributed by atoms with Gasteiger partial charge in [0.15, 0.2) is 5.75 Å². The van der Waals surface area contributed by atoms with Gasteiger partial charge in [0.1, 0.15) is 10.5 Å². The molecule has 0 aliphatic heterocycles.